The fourth-order valence-corrected chi connectivity index (χ4v) is 2.62. The van der Waals surface area contributed by atoms with E-state index >= 15 is 0 Å². The average Bonchev–Trinajstić information content (AvgIpc) is 3.04. The van der Waals surface area contributed by atoms with Gasteiger partial charge in [0.1, 0.15) is 11.8 Å². The molecule has 0 aliphatic rings. The minimum atomic E-state index is -0.847. The SMILES string of the molecule is COC(=O)C(Cc1c[nH]c2ccccc12)NC(=O)Oc1ccccc1. The fraction of sp³-hybridized carbons (Fsp3) is 0.158. The van der Waals surface area contributed by atoms with Gasteiger partial charge in [-0.15, -0.1) is 0 Å². The van der Waals surface area contributed by atoms with E-state index in [2.05, 4.69) is 10.3 Å². The monoisotopic (exact) mass is 338 g/mol. The number of amides is 1. The Balaban J connectivity index is 1.73. The summed E-state index contributed by atoms with van der Waals surface area (Å²) in [5, 5.41) is 3.56. The molecule has 1 atom stereocenters. The lowest BCUT2D eigenvalue weighted by Gasteiger charge is -2.16. The van der Waals surface area contributed by atoms with E-state index in [1.807, 2.05) is 36.5 Å². The molecule has 0 aliphatic heterocycles. The number of nitrogens with one attached hydrogen (secondary N) is 2. The summed E-state index contributed by atoms with van der Waals surface area (Å²) in [7, 11) is 1.29. The van der Waals surface area contributed by atoms with Crippen LogP contribution in [0.4, 0.5) is 4.79 Å². The predicted molar refractivity (Wildman–Crippen MR) is 93.4 cm³/mol. The second kappa shape index (κ2) is 7.53. The van der Waals surface area contributed by atoms with Crippen molar-refractivity contribution in [3.63, 3.8) is 0 Å². The number of para-hydroxylation sites is 2. The highest BCUT2D eigenvalue weighted by Crippen LogP contribution is 2.19. The number of esters is 1. The summed E-state index contributed by atoms with van der Waals surface area (Å²) in [5.41, 5.74) is 1.87. The van der Waals surface area contributed by atoms with Crippen molar-refractivity contribution in [3.8, 4) is 5.75 Å². The van der Waals surface area contributed by atoms with Gasteiger partial charge in [-0.2, -0.15) is 0 Å². The Bertz CT molecular complexity index is 873. The highest BCUT2D eigenvalue weighted by atomic mass is 16.6. The molecule has 6 nitrogen and oxygen atoms in total. The molecular formula is C19H18N2O4. The van der Waals surface area contributed by atoms with Crippen molar-refractivity contribution in [1.82, 2.24) is 10.3 Å². The highest BCUT2D eigenvalue weighted by Gasteiger charge is 2.24. The number of carbonyl (C=O) groups is 2. The van der Waals surface area contributed by atoms with Crippen molar-refractivity contribution in [2.75, 3.05) is 7.11 Å². The summed E-state index contributed by atoms with van der Waals surface area (Å²) in [6, 6.07) is 15.6. The van der Waals surface area contributed by atoms with E-state index in [-0.39, 0.29) is 0 Å². The van der Waals surface area contributed by atoms with Crippen molar-refractivity contribution in [2.45, 2.75) is 12.5 Å². The zero-order valence-electron chi connectivity index (χ0n) is 13.7. The fourth-order valence-electron chi connectivity index (χ4n) is 2.62. The van der Waals surface area contributed by atoms with Crippen LogP contribution in [0.1, 0.15) is 5.56 Å². The van der Waals surface area contributed by atoms with Crippen LogP contribution in [0.5, 0.6) is 5.75 Å². The molecule has 0 spiro atoms. The molecule has 0 aliphatic carbocycles. The standard InChI is InChI=1S/C19H18N2O4/c1-24-18(22)17(21-19(23)25-14-7-3-2-4-8-14)11-13-12-20-16-10-6-5-9-15(13)16/h2-10,12,17,20H,11H2,1H3,(H,21,23). The number of hydrogen-bond acceptors (Lipinski definition) is 4. The predicted octanol–water partition coefficient (Wildman–Crippen LogP) is 3.04. The van der Waals surface area contributed by atoms with Gasteiger partial charge < -0.3 is 19.8 Å². The van der Waals surface area contributed by atoms with Gasteiger partial charge in [-0.3, -0.25) is 0 Å². The Morgan fingerprint density at radius 2 is 1.80 bits per heavy atom. The molecule has 128 valence electrons. The molecule has 0 radical (unpaired) electrons. The molecule has 0 bridgehead atoms. The minimum absolute atomic E-state index is 0.292. The van der Waals surface area contributed by atoms with Crippen LogP contribution >= 0.6 is 0 Å². The largest absolute Gasteiger partial charge is 0.467 e. The molecule has 0 fully saturated rings. The Kier molecular flexibility index (Phi) is 4.99. The van der Waals surface area contributed by atoms with Crippen LogP contribution in [0.2, 0.25) is 0 Å². The maximum Gasteiger partial charge on any atom is 0.413 e. The summed E-state index contributed by atoms with van der Waals surface area (Å²) in [5.74, 6) is -0.133. The van der Waals surface area contributed by atoms with Crippen molar-refractivity contribution in [3.05, 3.63) is 66.4 Å². The van der Waals surface area contributed by atoms with Crippen LogP contribution in [-0.4, -0.2) is 30.2 Å². The first kappa shape index (κ1) is 16.6. The number of aromatic amines is 1. The van der Waals surface area contributed by atoms with Crippen LogP contribution in [0.3, 0.4) is 0 Å². The summed E-state index contributed by atoms with van der Waals surface area (Å²) in [6.07, 6.45) is 1.41. The first-order valence-electron chi connectivity index (χ1n) is 7.83. The molecule has 3 aromatic rings. The van der Waals surface area contributed by atoms with Gasteiger partial charge in [0.05, 0.1) is 7.11 Å². The van der Waals surface area contributed by atoms with Crippen molar-refractivity contribution in [2.24, 2.45) is 0 Å². The average molecular weight is 338 g/mol. The van der Waals surface area contributed by atoms with E-state index in [0.717, 1.165) is 16.5 Å². The molecule has 0 saturated carbocycles. The Hall–Kier alpha value is -3.28. The zero-order chi connectivity index (χ0) is 17.6. The van der Waals surface area contributed by atoms with Gasteiger partial charge in [-0.05, 0) is 23.8 Å². The third kappa shape index (κ3) is 3.98. The molecule has 1 amide bonds. The van der Waals surface area contributed by atoms with Gasteiger partial charge in [-0.1, -0.05) is 36.4 Å². The van der Waals surface area contributed by atoms with E-state index in [1.54, 1.807) is 24.3 Å². The Morgan fingerprint density at radius 1 is 1.08 bits per heavy atom. The van der Waals surface area contributed by atoms with Crippen LogP contribution < -0.4 is 10.1 Å². The van der Waals surface area contributed by atoms with Gasteiger partial charge >= 0.3 is 12.1 Å². The Labute approximate surface area is 144 Å². The number of fused-ring (bicyclic) bond motifs is 1. The van der Waals surface area contributed by atoms with Crippen molar-refractivity contribution < 1.29 is 19.1 Å². The van der Waals surface area contributed by atoms with Crippen LogP contribution in [0.15, 0.2) is 60.8 Å². The molecule has 1 aromatic heterocycles. The molecule has 3 rings (SSSR count). The normalized spacial score (nSPS) is 11.7. The summed E-state index contributed by atoms with van der Waals surface area (Å²) in [4.78, 5) is 27.3. The summed E-state index contributed by atoms with van der Waals surface area (Å²) in [6.45, 7) is 0. The summed E-state index contributed by atoms with van der Waals surface area (Å²) < 4.78 is 9.99. The number of ether oxygens (including phenoxy) is 2. The second-order valence-corrected chi connectivity index (χ2v) is 5.49. The lowest BCUT2D eigenvalue weighted by Crippen LogP contribution is -2.44. The maximum atomic E-state index is 12.1. The van der Waals surface area contributed by atoms with E-state index in [0.29, 0.717) is 12.2 Å². The highest BCUT2D eigenvalue weighted by molar-refractivity contribution is 5.86. The number of aromatic nitrogens is 1. The van der Waals surface area contributed by atoms with Crippen molar-refractivity contribution >= 4 is 23.0 Å². The molecule has 1 heterocycles. The molecule has 25 heavy (non-hydrogen) atoms. The van der Waals surface area contributed by atoms with E-state index in [9.17, 15) is 9.59 Å². The first-order valence-corrected chi connectivity index (χ1v) is 7.83. The maximum absolute atomic E-state index is 12.1. The van der Waals surface area contributed by atoms with E-state index in [4.69, 9.17) is 9.47 Å². The van der Waals surface area contributed by atoms with Crippen LogP contribution in [-0.2, 0) is 16.0 Å². The minimum Gasteiger partial charge on any atom is -0.467 e. The van der Waals surface area contributed by atoms with Gasteiger partial charge in [0.15, 0.2) is 0 Å². The van der Waals surface area contributed by atoms with Gasteiger partial charge in [0, 0.05) is 23.5 Å². The number of methoxy groups -OCH3 is 1. The number of benzene rings is 2. The molecular weight excluding hydrogens is 320 g/mol. The number of carbonyl (C=O) groups excluding carboxylic acids is 2. The molecule has 2 N–H and O–H groups in total. The summed E-state index contributed by atoms with van der Waals surface area (Å²) >= 11 is 0. The van der Waals surface area contributed by atoms with Crippen LogP contribution in [0, 0.1) is 0 Å². The van der Waals surface area contributed by atoms with Gasteiger partial charge in [0.2, 0.25) is 0 Å². The first-order chi connectivity index (χ1) is 12.2. The number of rotatable bonds is 5. The third-order valence-electron chi connectivity index (χ3n) is 3.83. The molecule has 2 aromatic carbocycles. The third-order valence-corrected chi connectivity index (χ3v) is 3.83. The van der Waals surface area contributed by atoms with Gasteiger partial charge in [-0.25, -0.2) is 9.59 Å². The lowest BCUT2D eigenvalue weighted by atomic mass is 10.1. The van der Waals surface area contributed by atoms with Gasteiger partial charge in [0.25, 0.3) is 0 Å². The topological polar surface area (TPSA) is 80.4 Å². The molecule has 6 heteroatoms. The smallest absolute Gasteiger partial charge is 0.413 e. The van der Waals surface area contributed by atoms with Crippen molar-refractivity contribution in [1.29, 1.82) is 0 Å². The second-order valence-electron chi connectivity index (χ2n) is 5.49. The quantitative estimate of drug-likeness (QED) is 0.701. The molecule has 0 saturated heterocycles. The molecule has 1 unspecified atom stereocenters. The number of hydrogen-bond donors (Lipinski definition) is 2. The lowest BCUT2D eigenvalue weighted by molar-refractivity contribution is -0.142. The number of H-pyrrole nitrogens is 1. The Morgan fingerprint density at radius 3 is 2.56 bits per heavy atom. The van der Waals surface area contributed by atoms with E-state index < -0.39 is 18.1 Å². The van der Waals surface area contributed by atoms with E-state index in [1.165, 1.54) is 7.11 Å². The zero-order valence-corrected chi connectivity index (χ0v) is 13.7. The van der Waals surface area contributed by atoms with Crippen LogP contribution in [0.25, 0.3) is 10.9 Å².